The molecule has 2 N–H and O–H groups in total. The summed E-state index contributed by atoms with van der Waals surface area (Å²) >= 11 is 1.89. The van der Waals surface area contributed by atoms with Crippen molar-refractivity contribution in [3.05, 3.63) is 16.1 Å². The normalized spacial score (nSPS) is 21.5. The van der Waals surface area contributed by atoms with E-state index in [4.69, 9.17) is 10.7 Å². The molecule has 94 valence electrons. The molecule has 0 aromatic carbocycles. The standard InChI is InChI=1S/C14H22N2S/c15-8-7-12-9-17-14(16-12)13(10-3-1-4-10)11-5-2-6-11/h9-11,13H,1-8,15H2. The third kappa shape index (κ3) is 2.27. The second-order valence-electron chi connectivity index (χ2n) is 5.62. The van der Waals surface area contributed by atoms with Crippen LogP contribution in [0.4, 0.5) is 0 Å². The summed E-state index contributed by atoms with van der Waals surface area (Å²) in [6.45, 7) is 0.723. The third-order valence-electron chi connectivity index (χ3n) is 4.57. The van der Waals surface area contributed by atoms with Crippen LogP contribution in [0, 0.1) is 11.8 Å². The van der Waals surface area contributed by atoms with Gasteiger partial charge in [-0.05, 0) is 44.1 Å². The Hall–Kier alpha value is -0.410. The summed E-state index contributed by atoms with van der Waals surface area (Å²) in [6, 6.07) is 0. The van der Waals surface area contributed by atoms with E-state index >= 15 is 0 Å². The summed E-state index contributed by atoms with van der Waals surface area (Å²) in [5, 5.41) is 3.65. The van der Waals surface area contributed by atoms with Crippen molar-refractivity contribution in [2.24, 2.45) is 17.6 Å². The summed E-state index contributed by atoms with van der Waals surface area (Å²) in [4.78, 5) is 4.84. The van der Waals surface area contributed by atoms with Gasteiger partial charge >= 0.3 is 0 Å². The van der Waals surface area contributed by atoms with Crippen molar-refractivity contribution in [2.45, 2.75) is 50.9 Å². The highest BCUT2D eigenvalue weighted by Gasteiger charge is 2.38. The molecular weight excluding hydrogens is 228 g/mol. The Labute approximate surface area is 108 Å². The van der Waals surface area contributed by atoms with Crippen LogP contribution in [0.25, 0.3) is 0 Å². The maximum Gasteiger partial charge on any atom is 0.0964 e. The van der Waals surface area contributed by atoms with Crippen molar-refractivity contribution in [3.63, 3.8) is 0 Å². The topological polar surface area (TPSA) is 38.9 Å². The quantitative estimate of drug-likeness (QED) is 0.870. The second kappa shape index (κ2) is 5.07. The molecule has 0 unspecified atom stereocenters. The van der Waals surface area contributed by atoms with E-state index < -0.39 is 0 Å². The van der Waals surface area contributed by atoms with Crippen LogP contribution in [-0.4, -0.2) is 11.5 Å². The van der Waals surface area contributed by atoms with E-state index in [0.717, 1.165) is 30.7 Å². The molecule has 0 spiro atoms. The minimum Gasteiger partial charge on any atom is -0.330 e. The van der Waals surface area contributed by atoms with Gasteiger partial charge in [0.1, 0.15) is 0 Å². The van der Waals surface area contributed by atoms with Crippen molar-refractivity contribution in [1.29, 1.82) is 0 Å². The summed E-state index contributed by atoms with van der Waals surface area (Å²) in [6.07, 6.45) is 9.57. The Bertz CT molecular complexity index is 352. The van der Waals surface area contributed by atoms with E-state index in [-0.39, 0.29) is 0 Å². The van der Waals surface area contributed by atoms with Gasteiger partial charge in [-0.2, -0.15) is 0 Å². The van der Waals surface area contributed by atoms with E-state index in [2.05, 4.69) is 5.38 Å². The summed E-state index contributed by atoms with van der Waals surface area (Å²) in [5.41, 5.74) is 6.82. The van der Waals surface area contributed by atoms with Crippen LogP contribution < -0.4 is 5.73 Å². The molecule has 2 saturated carbocycles. The van der Waals surface area contributed by atoms with Crippen molar-refractivity contribution in [3.8, 4) is 0 Å². The SMILES string of the molecule is NCCc1csc(C(C2CCC2)C2CCC2)n1. The molecular formula is C14H22N2S. The molecule has 0 radical (unpaired) electrons. The highest BCUT2D eigenvalue weighted by Crippen LogP contribution is 2.50. The Morgan fingerprint density at radius 3 is 2.35 bits per heavy atom. The van der Waals surface area contributed by atoms with Crippen LogP contribution in [0.1, 0.15) is 55.1 Å². The minimum atomic E-state index is 0.723. The van der Waals surface area contributed by atoms with Gasteiger partial charge < -0.3 is 5.73 Å². The Kier molecular flexibility index (Phi) is 3.48. The molecule has 3 heteroatoms. The monoisotopic (exact) mass is 250 g/mol. The van der Waals surface area contributed by atoms with Gasteiger partial charge in [-0.15, -0.1) is 11.3 Å². The molecule has 0 amide bonds. The van der Waals surface area contributed by atoms with Crippen molar-refractivity contribution < 1.29 is 0 Å². The van der Waals surface area contributed by atoms with Crippen LogP contribution in [0.5, 0.6) is 0 Å². The molecule has 2 nitrogen and oxygen atoms in total. The largest absolute Gasteiger partial charge is 0.330 e. The van der Waals surface area contributed by atoms with Gasteiger partial charge in [0.05, 0.1) is 10.7 Å². The van der Waals surface area contributed by atoms with Crippen LogP contribution in [0.2, 0.25) is 0 Å². The zero-order chi connectivity index (χ0) is 11.7. The molecule has 1 aromatic rings. The number of hydrogen-bond donors (Lipinski definition) is 1. The molecule has 0 saturated heterocycles. The molecule has 0 bridgehead atoms. The number of nitrogens with two attached hydrogens (primary N) is 1. The fourth-order valence-electron chi connectivity index (χ4n) is 3.12. The van der Waals surface area contributed by atoms with E-state index in [1.807, 2.05) is 11.3 Å². The summed E-state index contributed by atoms with van der Waals surface area (Å²) in [7, 11) is 0. The van der Waals surface area contributed by atoms with Crippen molar-refractivity contribution in [2.75, 3.05) is 6.54 Å². The first-order valence-electron chi connectivity index (χ1n) is 7.03. The molecule has 0 atom stereocenters. The maximum atomic E-state index is 5.60. The van der Waals surface area contributed by atoms with E-state index in [0.29, 0.717) is 0 Å². The lowest BCUT2D eigenvalue weighted by molar-refractivity contribution is 0.149. The predicted octanol–water partition coefficient (Wildman–Crippen LogP) is 3.33. The molecule has 2 fully saturated rings. The first-order chi connectivity index (χ1) is 8.38. The fourth-order valence-corrected chi connectivity index (χ4v) is 4.26. The van der Waals surface area contributed by atoms with Crippen LogP contribution in [0.3, 0.4) is 0 Å². The molecule has 0 aliphatic heterocycles. The molecule has 2 aliphatic carbocycles. The lowest BCUT2D eigenvalue weighted by atomic mass is 9.65. The van der Waals surface area contributed by atoms with Crippen molar-refractivity contribution >= 4 is 11.3 Å². The minimum absolute atomic E-state index is 0.723. The zero-order valence-electron chi connectivity index (χ0n) is 10.4. The van der Waals surface area contributed by atoms with Gasteiger partial charge in [-0.3, -0.25) is 0 Å². The van der Waals surface area contributed by atoms with E-state index in [1.54, 1.807) is 0 Å². The van der Waals surface area contributed by atoms with Gasteiger partial charge in [0.15, 0.2) is 0 Å². The average Bonchev–Trinajstić information content (AvgIpc) is 2.60. The van der Waals surface area contributed by atoms with E-state index in [1.165, 1.54) is 49.2 Å². The lowest BCUT2D eigenvalue weighted by Crippen LogP contribution is -2.30. The third-order valence-corrected chi connectivity index (χ3v) is 5.57. The van der Waals surface area contributed by atoms with Crippen LogP contribution in [0.15, 0.2) is 5.38 Å². The smallest absolute Gasteiger partial charge is 0.0964 e. The predicted molar refractivity (Wildman–Crippen MR) is 72.3 cm³/mol. The van der Waals surface area contributed by atoms with Gasteiger partial charge in [0.2, 0.25) is 0 Å². The van der Waals surface area contributed by atoms with Crippen molar-refractivity contribution in [1.82, 2.24) is 4.98 Å². The highest BCUT2D eigenvalue weighted by molar-refractivity contribution is 7.09. The average molecular weight is 250 g/mol. The molecule has 2 aliphatic rings. The summed E-state index contributed by atoms with van der Waals surface area (Å²) < 4.78 is 0. The van der Waals surface area contributed by atoms with Gasteiger partial charge in [0.25, 0.3) is 0 Å². The van der Waals surface area contributed by atoms with Gasteiger partial charge in [-0.25, -0.2) is 4.98 Å². The molecule has 3 rings (SSSR count). The first kappa shape index (κ1) is 11.7. The Balaban J connectivity index is 1.75. The molecule has 1 aromatic heterocycles. The van der Waals surface area contributed by atoms with Crippen LogP contribution >= 0.6 is 11.3 Å². The van der Waals surface area contributed by atoms with Crippen LogP contribution in [-0.2, 0) is 6.42 Å². The molecule has 17 heavy (non-hydrogen) atoms. The number of nitrogens with zero attached hydrogens (tertiary/aromatic N) is 1. The van der Waals surface area contributed by atoms with Gasteiger partial charge in [0, 0.05) is 17.7 Å². The Morgan fingerprint density at radius 2 is 1.88 bits per heavy atom. The number of thiazole rings is 1. The number of rotatable bonds is 5. The van der Waals surface area contributed by atoms with E-state index in [9.17, 15) is 0 Å². The second-order valence-corrected chi connectivity index (χ2v) is 6.51. The zero-order valence-corrected chi connectivity index (χ0v) is 11.2. The first-order valence-corrected chi connectivity index (χ1v) is 7.91. The highest BCUT2D eigenvalue weighted by atomic mass is 32.1. The number of aromatic nitrogens is 1. The Morgan fingerprint density at radius 1 is 1.24 bits per heavy atom. The number of hydrogen-bond acceptors (Lipinski definition) is 3. The maximum absolute atomic E-state index is 5.60. The van der Waals surface area contributed by atoms with Gasteiger partial charge in [-0.1, -0.05) is 12.8 Å². The summed E-state index contributed by atoms with van der Waals surface area (Å²) in [5.74, 6) is 2.67. The lowest BCUT2D eigenvalue weighted by Gasteiger charge is -2.41. The fraction of sp³-hybridized carbons (Fsp3) is 0.786. The molecule has 1 heterocycles.